The fourth-order valence-corrected chi connectivity index (χ4v) is 5.68. The number of nitrogens with zero attached hydrogens (tertiary/aromatic N) is 6. The van der Waals surface area contributed by atoms with Crippen molar-refractivity contribution in [3.05, 3.63) is 53.5 Å². The topological polar surface area (TPSA) is 102 Å². The molecule has 0 amide bonds. The molecule has 0 bridgehead atoms. The highest BCUT2D eigenvalue weighted by Gasteiger charge is 2.27. The number of hydrogen-bond acceptors (Lipinski definition) is 9. The fraction of sp³-hybridized carbons (Fsp3) is 0.531. The summed E-state index contributed by atoms with van der Waals surface area (Å²) in [5.41, 5.74) is 2.09. The van der Waals surface area contributed by atoms with E-state index in [0.29, 0.717) is 27.9 Å². The smallest absolute Gasteiger partial charge is 0.314 e. The van der Waals surface area contributed by atoms with Crippen molar-refractivity contribution >= 4 is 39.5 Å². The Morgan fingerprint density at radius 1 is 0.854 bits per heavy atom. The largest absolute Gasteiger partial charge is 0.426 e. The lowest BCUT2D eigenvalue weighted by atomic mass is 9.80. The van der Waals surface area contributed by atoms with Crippen molar-refractivity contribution in [3.8, 4) is 5.75 Å². The molecular weight excluding hydrogens is 532 g/mol. The van der Waals surface area contributed by atoms with Gasteiger partial charge >= 0.3 is 5.97 Å². The summed E-state index contributed by atoms with van der Waals surface area (Å²) in [5, 5.41) is 27.0. The molecule has 0 unspecified atom stereocenters. The number of unbranched alkanes of at least 4 members (excludes halogenated alkanes) is 2. The molecule has 1 aromatic heterocycles. The number of aromatic nitrogens is 2. The van der Waals surface area contributed by atoms with Gasteiger partial charge in [0.15, 0.2) is 0 Å². The summed E-state index contributed by atoms with van der Waals surface area (Å²) >= 11 is 1.49. The molecule has 0 N–H and O–H groups in total. The number of ether oxygens (including phenoxy) is 1. The van der Waals surface area contributed by atoms with Crippen LogP contribution >= 0.6 is 11.3 Å². The summed E-state index contributed by atoms with van der Waals surface area (Å²) in [4.78, 5) is 12.6. The number of hydrogen-bond donors (Lipinski definition) is 0. The van der Waals surface area contributed by atoms with Crippen molar-refractivity contribution in [2.75, 3.05) is 0 Å². The predicted octanol–water partition coefficient (Wildman–Crippen LogP) is 10.6. The lowest BCUT2D eigenvalue weighted by Gasteiger charge is -2.27. The molecule has 8 nitrogen and oxygen atoms in total. The quantitative estimate of drug-likeness (QED) is 0.0826. The van der Waals surface area contributed by atoms with Gasteiger partial charge in [0.1, 0.15) is 10.8 Å². The third-order valence-corrected chi connectivity index (χ3v) is 8.33. The molecule has 1 aliphatic carbocycles. The molecule has 9 heteroatoms. The highest BCUT2D eigenvalue weighted by Crippen LogP contribution is 2.33. The zero-order valence-corrected chi connectivity index (χ0v) is 25.4. The van der Waals surface area contributed by atoms with E-state index in [1.807, 2.05) is 24.3 Å². The minimum absolute atomic E-state index is 0.00914. The fourth-order valence-electron chi connectivity index (χ4n) is 4.98. The lowest BCUT2D eigenvalue weighted by Crippen LogP contribution is -2.25. The number of aryl methyl sites for hydroxylation is 1. The van der Waals surface area contributed by atoms with Crippen molar-refractivity contribution in [2.45, 2.75) is 91.4 Å². The number of benzene rings is 2. The maximum Gasteiger partial charge on any atom is 0.314 e. The monoisotopic (exact) mass is 574 g/mol. The van der Waals surface area contributed by atoms with Crippen LogP contribution in [0.25, 0.3) is 0 Å². The Balaban J connectivity index is 1.21. The first kappa shape index (κ1) is 30.6. The number of azo groups is 2. The third kappa shape index (κ3) is 10.5. The average Bonchev–Trinajstić information content (AvgIpc) is 3.45. The van der Waals surface area contributed by atoms with E-state index in [1.54, 1.807) is 24.3 Å². The van der Waals surface area contributed by atoms with Crippen molar-refractivity contribution in [3.63, 3.8) is 0 Å². The molecule has 0 saturated heterocycles. The van der Waals surface area contributed by atoms with Gasteiger partial charge in [-0.2, -0.15) is 10.2 Å². The number of rotatable bonds is 14. The van der Waals surface area contributed by atoms with Gasteiger partial charge in [-0.15, -0.1) is 20.4 Å². The third-order valence-electron chi connectivity index (χ3n) is 7.46. The first-order valence-electron chi connectivity index (χ1n) is 15.1. The SMILES string of the molecule is CCCCC1CCC(C(=O)Oc2ccc(N=Nc3ccc(N=Nc4nnc(CCCCC(C)C)s4)cc3)cc2)CC1. The van der Waals surface area contributed by atoms with Crippen molar-refractivity contribution in [1.29, 1.82) is 0 Å². The lowest BCUT2D eigenvalue weighted by molar-refractivity contribution is -0.140. The van der Waals surface area contributed by atoms with E-state index < -0.39 is 0 Å². The number of carbonyl (C=O) groups excluding carboxylic acids is 1. The second-order valence-electron chi connectivity index (χ2n) is 11.3. The summed E-state index contributed by atoms with van der Waals surface area (Å²) in [7, 11) is 0. The second-order valence-corrected chi connectivity index (χ2v) is 12.3. The van der Waals surface area contributed by atoms with Crippen molar-refractivity contribution in [2.24, 2.45) is 38.2 Å². The highest BCUT2D eigenvalue weighted by molar-refractivity contribution is 7.14. The maximum absolute atomic E-state index is 12.6. The van der Waals surface area contributed by atoms with E-state index in [9.17, 15) is 4.79 Å². The van der Waals surface area contributed by atoms with Gasteiger partial charge in [0.25, 0.3) is 5.13 Å². The summed E-state index contributed by atoms with van der Waals surface area (Å²) in [5.74, 6) is 1.95. The molecule has 1 saturated carbocycles. The molecule has 0 radical (unpaired) electrons. The van der Waals surface area contributed by atoms with E-state index in [2.05, 4.69) is 51.4 Å². The highest BCUT2D eigenvalue weighted by atomic mass is 32.1. The average molecular weight is 575 g/mol. The van der Waals surface area contributed by atoms with Crippen LogP contribution in [0.3, 0.4) is 0 Å². The molecule has 3 aromatic rings. The Labute approximate surface area is 247 Å². The molecule has 1 heterocycles. The van der Waals surface area contributed by atoms with Crippen molar-refractivity contribution < 1.29 is 9.53 Å². The van der Waals surface area contributed by atoms with Gasteiger partial charge < -0.3 is 4.74 Å². The molecule has 218 valence electrons. The Kier molecular flexibility index (Phi) is 12.1. The van der Waals surface area contributed by atoms with Crippen LogP contribution in [-0.2, 0) is 11.2 Å². The second kappa shape index (κ2) is 16.2. The van der Waals surface area contributed by atoms with E-state index in [-0.39, 0.29) is 11.9 Å². The van der Waals surface area contributed by atoms with E-state index in [0.717, 1.165) is 55.4 Å². The predicted molar refractivity (Wildman–Crippen MR) is 164 cm³/mol. The standard InChI is InChI=1S/C32H42N6O2S/c1-4-5-9-24-11-13-25(14-12-24)31(39)40-29-21-19-28(20-22-29)34-33-26-15-17-27(18-16-26)35-37-32-38-36-30(41-32)10-7-6-8-23(2)3/h15-25H,4-14H2,1-3H3. The van der Waals surface area contributed by atoms with Crippen LogP contribution in [0.15, 0.2) is 69.0 Å². The van der Waals surface area contributed by atoms with Crippen LogP contribution in [0.2, 0.25) is 0 Å². The van der Waals surface area contributed by atoms with Crippen LogP contribution in [0, 0.1) is 17.8 Å². The van der Waals surface area contributed by atoms with Crippen molar-refractivity contribution in [1.82, 2.24) is 10.2 Å². The molecule has 4 rings (SSSR count). The Hall–Kier alpha value is -3.33. The van der Waals surface area contributed by atoms with Gasteiger partial charge in [0.05, 0.1) is 23.0 Å². The Morgan fingerprint density at radius 3 is 2.07 bits per heavy atom. The zero-order chi connectivity index (χ0) is 28.9. The number of esters is 1. The molecule has 1 aliphatic rings. The van der Waals surface area contributed by atoms with Gasteiger partial charge in [-0.05, 0) is 92.5 Å². The van der Waals surface area contributed by atoms with Gasteiger partial charge in [-0.1, -0.05) is 64.2 Å². The summed E-state index contributed by atoms with van der Waals surface area (Å²) in [6, 6.07) is 14.5. The minimum atomic E-state index is -0.116. The van der Waals surface area contributed by atoms with Crippen LogP contribution < -0.4 is 4.74 Å². The molecule has 0 spiro atoms. The Morgan fingerprint density at radius 2 is 1.46 bits per heavy atom. The summed E-state index contributed by atoms with van der Waals surface area (Å²) in [6.07, 6.45) is 12.4. The van der Waals surface area contributed by atoms with Gasteiger partial charge in [0, 0.05) is 6.42 Å². The number of carbonyl (C=O) groups is 1. The van der Waals surface area contributed by atoms with Gasteiger partial charge in [-0.3, -0.25) is 4.79 Å². The minimum Gasteiger partial charge on any atom is -0.426 e. The normalized spacial score (nSPS) is 17.6. The van der Waals surface area contributed by atoms with E-state index in [1.165, 1.54) is 43.4 Å². The summed E-state index contributed by atoms with van der Waals surface area (Å²) in [6.45, 7) is 6.73. The molecule has 41 heavy (non-hydrogen) atoms. The first-order valence-corrected chi connectivity index (χ1v) is 15.9. The van der Waals surface area contributed by atoms with Crippen LogP contribution in [0.1, 0.15) is 90.0 Å². The molecule has 0 atom stereocenters. The maximum atomic E-state index is 12.6. The molecular formula is C32H42N6O2S. The first-order chi connectivity index (χ1) is 20.0. The van der Waals surface area contributed by atoms with Crippen LogP contribution in [0.5, 0.6) is 5.75 Å². The van der Waals surface area contributed by atoms with Gasteiger partial charge in [-0.25, -0.2) is 0 Å². The Bertz CT molecular complexity index is 1260. The molecule has 1 fully saturated rings. The van der Waals surface area contributed by atoms with E-state index in [4.69, 9.17) is 4.74 Å². The summed E-state index contributed by atoms with van der Waals surface area (Å²) < 4.78 is 5.65. The molecule has 2 aromatic carbocycles. The van der Waals surface area contributed by atoms with E-state index >= 15 is 0 Å². The van der Waals surface area contributed by atoms with Crippen LogP contribution in [0.4, 0.5) is 22.2 Å². The van der Waals surface area contributed by atoms with Crippen LogP contribution in [-0.4, -0.2) is 16.2 Å². The molecule has 0 aliphatic heterocycles. The zero-order valence-electron chi connectivity index (χ0n) is 24.5. The van der Waals surface area contributed by atoms with Gasteiger partial charge in [0.2, 0.25) is 0 Å².